The number of nitrogens with zero attached hydrogens (tertiary/aromatic N) is 1. The lowest BCUT2D eigenvalue weighted by atomic mass is 10.1. The number of rotatable bonds is 4. The minimum atomic E-state index is -1.06. The van der Waals surface area contributed by atoms with Crippen molar-refractivity contribution in [3.8, 4) is 0 Å². The second kappa shape index (κ2) is 4.98. The van der Waals surface area contributed by atoms with Gasteiger partial charge in [-0.2, -0.15) is 4.39 Å². The maximum absolute atomic E-state index is 13.3. The van der Waals surface area contributed by atoms with E-state index in [2.05, 4.69) is 0 Å². The van der Waals surface area contributed by atoms with E-state index in [-0.39, 0.29) is 18.4 Å². The van der Waals surface area contributed by atoms with Crippen LogP contribution in [0.15, 0.2) is 12.1 Å². The zero-order chi connectivity index (χ0) is 12.3. The molecular weight excluding hydrogens is 220 g/mol. The summed E-state index contributed by atoms with van der Waals surface area (Å²) in [6.07, 6.45) is -0.218. The maximum atomic E-state index is 13.3. The van der Waals surface area contributed by atoms with E-state index in [1.54, 1.807) is 0 Å². The first-order valence-corrected chi connectivity index (χ1v) is 4.72. The standard InChI is InChI=1S/C10H11F2NO3/c1-6(14)2-3-7-4-9(12)10(13(15)16)5-8(7)11/h4-6,14H,2-3H2,1H3/t6-/m1/s1. The quantitative estimate of drug-likeness (QED) is 0.638. The number of aliphatic hydroxyl groups excluding tert-OH is 1. The van der Waals surface area contributed by atoms with Crippen molar-refractivity contribution in [1.29, 1.82) is 0 Å². The van der Waals surface area contributed by atoms with Crippen LogP contribution in [0.3, 0.4) is 0 Å². The Balaban J connectivity index is 2.96. The van der Waals surface area contributed by atoms with Crippen molar-refractivity contribution in [2.75, 3.05) is 0 Å². The zero-order valence-corrected chi connectivity index (χ0v) is 8.61. The largest absolute Gasteiger partial charge is 0.393 e. The van der Waals surface area contributed by atoms with Gasteiger partial charge in [0.05, 0.1) is 17.1 Å². The molecule has 0 bridgehead atoms. The predicted molar refractivity (Wildman–Crippen MR) is 53.0 cm³/mol. The molecule has 88 valence electrons. The fourth-order valence-electron chi connectivity index (χ4n) is 1.27. The average Bonchev–Trinajstić information content (AvgIpc) is 2.18. The van der Waals surface area contributed by atoms with Crippen LogP contribution < -0.4 is 0 Å². The Labute approximate surface area is 90.7 Å². The molecule has 0 spiro atoms. The number of benzene rings is 1. The van der Waals surface area contributed by atoms with Gasteiger partial charge in [-0.3, -0.25) is 10.1 Å². The van der Waals surface area contributed by atoms with Crippen LogP contribution in [0, 0.1) is 21.7 Å². The Hall–Kier alpha value is -1.56. The van der Waals surface area contributed by atoms with Crippen LogP contribution in [0.2, 0.25) is 0 Å². The lowest BCUT2D eigenvalue weighted by Gasteiger charge is -2.05. The molecule has 0 radical (unpaired) electrons. The highest BCUT2D eigenvalue weighted by Gasteiger charge is 2.18. The minimum absolute atomic E-state index is 0.0315. The molecule has 0 saturated carbocycles. The molecule has 4 nitrogen and oxygen atoms in total. The highest BCUT2D eigenvalue weighted by molar-refractivity contribution is 5.36. The molecule has 0 aliphatic rings. The molecule has 0 saturated heterocycles. The summed E-state index contributed by atoms with van der Waals surface area (Å²) < 4.78 is 26.4. The molecule has 1 aromatic carbocycles. The third-order valence-electron chi connectivity index (χ3n) is 2.14. The van der Waals surface area contributed by atoms with Crippen LogP contribution in [0.5, 0.6) is 0 Å². The molecule has 0 fully saturated rings. The monoisotopic (exact) mass is 231 g/mol. The first-order chi connectivity index (χ1) is 7.41. The Kier molecular flexibility index (Phi) is 3.89. The summed E-state index contributed by atoms with van der Waals surface area (Å²) >= 11 is 0. The summed E-state index contributed by atoms with van der Waals surface area (Å²) in [6.45, 7) is 1.53. The molecule has 0 heterocycles. The number of aliphatic hydroxyl groups is 1. The van der Waals surface area contributed by atoms with Crippen LogP contribution in [0.1, 0.15) is 18.9 Å². The van der Waals surface area contributed by atoms with Gasteiger partial charge in [0.2, 0.25) is 5.82 Å². The number of nitro groups is 1. The van der Waals surface area contributed by atoms with E-state index in [4.69, 9.17) is 5.11 Å². The van der Waals surface area contributed by atoms with Crippen molar-refractivity contribution < 1.29 is 18.8 Å². The summed E-state index contributed by atoms with van der Waals surface area (Å²) in [6, 6.07) is 1.36. The van der Waals surface area contributed by atoms with Crippen molar-refractivity contribution in [3.05, 3.63) is 39.4 Å². The van der Waals surface area contributed by atoms with Gasteiger partial charge in [0.25, 0.3) is 0 Å². The van der Waals surface area contributed by atoms with Crippen molar-refractivity contribution in [2.24, 2.45) is 0 Å². The summed E-state index contributed by atoms with van der Waals surface area (Å²) in [7, 11) is 0. The van der Waals surface area contributed by atoms with Gasteiger partial charge in [0.15, 0.2) is 0 Å². The molecule has 0 aromatic heterocycles. The number of aryl methyl sites for hydroxylation is 1. The lowest BCUT2D eigenvalue weighted by molar-refractivity contribution is -0.387. The molecule has 6 heteroatoms. The molecular formula is C10H11F2NO3. The fraction of sp³-hybridized carbons (Fsp3) is 0.400. The molecule has 1 N–H and O–H groups in total. The van der Waals surface area contributed by atoms with Crippen molar-refractivity contribution in [3.63, 3.8) is 0 Å². The molecule has 0 unspecified atom stereocenters. The fourth-order valence-corrected chi connectivity index (χ4v) is 1.27. The summed E-state index contributed by atoms with van der Waals surface area (Å²) in [5.41, 5.74) is -0.845. The Bertz CT molecular complexity index is 407. The topological polar surface area (TPSA) is 63.4 Å². The van der Waals surface area contributed by atoms with Crippen LogP contribution in [-0.2, 0) is 6.42 Å². The normalized spacial score (nSPS) is 12.5. The molecule has 0 aliphatic heterocycles. The Morgan fingerprint density at radius 2 is 2.06 bits per heavy atom. The molecule has 1 atom stereocenters. The van der Waals surface area contributed by atoms with Gasteiger partial charge in [-0.15, -0.1) is 0 Å². The van der Waals surface area contributed by atoms with Gasteiger partial charge >= 0.3 is 5.69 Å². The summed E-state index contributed by atoms with van der Waals surface area (Å²) in [5.74, 6) is -1.89. The van der Waals surface area contributed by atoms with Gasteiger partial charge < -0.3 is 5.11 Å². The average molecular weight is 231 g/mol. The maximum Gasteiger partial charge on any atom is 0.307 e. The highest BCUT2D eigenvalue weighted by Crippen LogP contribution is 2.22. The van der Waals surface area contributed by atoms with E-state index in [0.717, 1.165) is 6.07 Å². The summed E-state index contributed by atoms with van der Waals surface area (Å²) in [4.78, 5) is 9.33. The third-order valence-corrected chi connectivity index (χ3v) is 2.14. The van der Waals surface area contributed by atoms with E-state index >= 15 is 0 Å². The molecule has 1 aromatic rings. The molecule has 0 aliphatic carbocycles. The van der Waals surface area contributed by atoms with Gasteiger partial charge in [-0.05, 0) is 31.4 Å². The SMILES string of the molecule is C[C@@H](O)CCc1cc(F)c([N+](=O)[O-])cc1F. The van der Waals surface area contributed by atoms with Gasteiger partial charge in [0.1, 0.15) is 5.82 Å². The predicted octanol–water partition coefficient (Wildman–Crippen LogP) is 2.19. The molecule has 1 rings (SSSR count). The van der Waals surface area contributed by atoms with E-state index in [0.29, 0.717) is 6.07 Å². The second-order valence-corrected chi connectivity index (χ2v) is 3.54. The van der Waals surface area contributed by atoms with Gasteiger partial charge in [-0.1, -0.05) is 0 Å². The Morgan fingerprint density at radius 1 is 1.44 bits per heavy atom. The zero-order valence-electron chi connectivity index (χ0n) is 8.61. The van der Waals surface area contributed by atoms with Crippen molar-refractivity contribution in [1.82, 2.24) is 0 Å². The number of hydrogen-bond acceptors (Lipinski definition) is 3. The molecule has 0 amide bonds. The van der Waals surface area contributed by atoms with Gasteiger partial charge in [0, 0.05) is 0 Å². The van der Waals surface area contributed by atoms with E-state index in [1.165, 1.54) is 6.92 Å². The second-order valence-electron chi connectivity index (χ2n) is 3.54. The van der Waals surface area contributed by atoms with Crippen molar-refractivity contribution in [2.45, 2.75) is 25.9 Å². The Morgan fingerprint density at radius 3 is 2.56 bits per heavy atom. The lowest BCUT2D eigenvalue weighted by Crippen LogP contribution is -2.04. The number of hydrogen-bond donors (Lipinski definition) is 1. The first-order valence-electron chi connectivity index (χ1n) is 4.72. The van der Waals surface area contributed by atoms with Crippen LogP contribution in [0.25, 0.3) is 0 Å². The van der Waals surface area contributed by atoms with Crippen LogP contribution in [-0.4, -0.2) is 16.1 Å². The van der Waals surface area contributed by atoms with Crippen LogP contribution in [0.4, 0.5) is 14.5 Å². The number of halogens is 2. The summed E-state index contributed by atoms with van der Waals surface area (Å²) in [5, 5.41) is 19.3. The smallest absolute Gasteiger partial charge is 0.307 e. The van der Waals surface area contributed by atoms with E-state index < -0.39 is 28.3 Å². The first kappa shape index (κ1) is 12.5. The number of nitro benzene ring substituents is 1. The molecule has 16 heavy (non-hydrogen) atoms. The third kappa shape index (κ3) is 2.96. The highest BCUT2D eigenvalue weighted by atomic mass is 19.1. The van der Waals surface area contributed by atoms with E-state index in [9.17, 15) is 18.9 Å². The van der Waals surface area contributed by atoms with E-state index in [1.807, 2.05) is 0 Å². The minimum Gasteiger partial charge on any atom is -0.393 e. The van der Waals surface area contributed by atoms with Crippen molar-refractivity contribution >= 4 is 5.69 Å². The van der Waals surface area contributed by atoms with Gasteiger partial charge in [-0.25, -0.2) is 4.39 Å². The van der Waals surface area contributed by atoms with Crippen LogP contribution >= 0.6 is 0 Å².